The van der Waals surface area contributed by atoms with Crippen molar-refractivity contribution < 1.29 is 9.59 Å². The van der Waals surface area contributed by atoms with E-state index in [1.165, 1.54) is 11.3 Å². The molecule has 0 saturated carbocycles. The monoisotopic (exact) mass is 286 g/mol. The summed E-state index contributed by atoms with van der Waals surface area (Å²) < 4.78 is 0. The number of amides is 1. The number of carbonyl (C=O) groups excluding carboxylic acids is 2. The molecule has 1 aliphatic heterocycles. The van der Waals surface area contributed by atoms with E-state index in [1.54, 1.807) is 11.1 Å². The molecule has 1 aromatic heterocycles. The van der Waals surface area contributed by atoms with Crippen LogP contribution < -0.4 is 0 Å². The van der Waals surface area contributed by atoms with Crippen LogP contribution in [0.15, 0.2) is 36.5 Å². The maximum atomic E-state index is 12.3. The zero-order valence-electron chi connectivity index (χ0n) is 10.9. The molecule has 0 atom stereocenters. The van der Waals surface area contributed by atoms with Crippen LogP contribution in [-0.4, -0.2) is 34.7 Å². The lowest BCUT2D eigenvalue weighted by Gasteiger charge is -2.25. The van der Waals surface area contributed by atoms with Crippen molar-refractivity contribution >= 4 is 23.0 Å². The van der Waals surface area contributed by atoms with Gasteiger partial charge in [-0.2, -0.15) is 0 Å². The molecule has 20 heavy (non-hydrogen) atoms. The topological polar surface area (TPSA) is 50.3 Å². The molecular formula is C15H14N2O2S. The van der Waals surface area contributed by atoms with Crippen molar-refractivity contribution in [1.82, 2.24) is 9.88 Å². The van der Waals surface area contributed by atoms with Gasteiger partial charge >= 0.3 is 0 Å². The zero-order valence-corrected chi connectivity index (χ0v) is 11.7. The lowest BCUT2D eigenvalue weighted by molar-refractivity contribution is -0.120. The maximum absolute atomic E-state index is 12.3. The molecule has 2 heterocycles. The number of benzene rings is 1. The Morgan fingerprint density at radius 1 is 1.15 bits per heavy atom. The van der Waals surface area contributed by atoms with Gasteiger partial charge in [0, 0.05) is 31.5 Å². The highest BCUT2D eigenvalue weighted by atomic mass is 32.1. The first-order chi connectivity index (χ1) is 9.74. The Labute approximate surface area is 121 Å². The van der Waals surface area contributed by atoms with E-state index in [0.29, 0.717) is 30.8 Å². The van der Waals surface area contributed by atoms with E-state index in [1.807, 2.05) is 30.3 Å². The smallest absolute Gasteiger partial charge is 0.265 e. The van der Waals surface area contributed by atoms with Crippen molar-refractivity contribution in [1.29, 1.82) is 0 Å². The van der Waals surface area contributed by atoms with Crippen LogP contribution >= 0.6 is 11.3 Å². The molecule has 0 spiro atoms. The second kappa shape index (κ2) is 5.54. The molecule has 4 nitrogen and oxygen atoms in total. The van der Waals surface area contributed by atoms with Crippen molar-refractivity contribution in [2.75, 3.05) is 13.1 Å². The Balaban J connectivity index is 1.77. The normalized spacial score (nSPS) is 15.4. The van der Waals surface area contributed by atoms with Crippen LogP contribution in [0.5, 0.6) is 0 Å². The summed E-state index contributed by atoms with van der Waals surface area (Å²) in [6.45, 7) is 1.05. The number of likely N-dealkylation sites (tertiary alicyclic amines) is 1. The van der Waals surface area contributed by atoms with Crippen molar-refractivity contribution in [3.8, 4) is 10.6 Å². The van der Waals surface area contributed by atoms with Crippen LogP contribution in [0.25, 0.3) is 10.6 Å². The van der Waals surface area contributed by atoms with Gasteiger partial charge in [-0.3, -0.25) is 9.59 Å². The number of carbonyl (C=O) groups is 2. The maximum Gasteiger partial charge on any atom is 0.265 e. The number of hydrogen-bond donors (Lipinski definition) is 0. The quantitative estimate of drug-likeness (QED) is 0.852. The number of thiazole rings is 1. The summed E-state index contributed by atoms with van der Waals surface area (Å²) in [5.74, 6) is 0.223. The number of ketones is 1. The largest absolute Gasteiger partial charge is 0.337 e. The summed E-state index contributed by atoms with van der Waals surface area (Å²) in [4.78, 5) is 30.2. The minimum absolute atomic E-state index is 0.0165. The zero-order chi connectivity index (χ0) is 13.9. The molecular weight excluding hydrogens is 272 g/mol. The molecule has 0 aliphatic carbocycles. The molecule has 1 fully saturated rings. The predicted molar refractivity (Wildman–Crippen MR) is 77.7 cm³/mol. The second-order valence-electron chi connectivity index (χ2n) is 4.73. The average Bonchev–Trinajstić information content (AvgIpc) is 2.98. The van der Waals surface area contributed by atoms with Crippen LogP contribution in [-0.2, 0) is 4.79 Å². The first-order valence-electron chi connectivity index (χ1n) is 6.56. The van der Waals surface area contributed by atoms with Gasteiger partial charge in [0.05, 0.1) is 6.20 Å². The van der Waals surface area contributed by atoms with Gasteiger partial charge in [-0.1, -0.05) is 30.3 Å². The number of hydrogen-bond acceptors (Lipinski definition) is 4. The summed E-state index contributed by atoms with van der Waals surface area (Å²) in [7, 11) is 0. The summed E-state index contributed by atoms with van der Waals surface area (Å²) >= 11 is 1.40. The SMILES string of the molecule is O=C1CCN(C(=O)c2cnc(-c3ccccc3)s2)CC1. The third-order valence-electron chi connectivity index (χ3n) is 3.35. The fourth-order valence-electron chi connectivity index (χ4n) is 2.20. The van der Waals surface area contributed by atoms with Gasteiger partial charge in [0.2, 0.25) is 0 Å². The first-order valence-corrected chi connectivity index (χ1v) is 7.38. The van der Waals surface area contributed by atoms with Crippen molar-refractivity contribution in [2.24, 2.45) is 0 Å². The molecule has 1 aliphatic rings. The summed E-state index contributed by atoms with van der Waals surface area (Å²) in [5.41, 5.74) is 1.02. The number of aromatic nitrogens is 1. The van der Waals surface area contributed by atoms with E-state index in [-0.39, 0.29) is 11.7 Å². The molecule has 1 aromatic carbocycles. The molecule has 3 rings (SSSR count). The lowest BCUT2D eigenvalue weighted by Crippen LogP contribution is -2.38. The molecule has 0 bridgehead atoms. The highest BCUT2D eigenvalue weighted by Crippen LogP contribution is 2.26. The molecule has 0 unspecified atom stereocenters. The number of rotatable bonds is 2. The van der Waals surface area contributed by atoms with Crippen LogP contribution in [0, 0.1) is 0 Å². The van der Waals surface area contributed by atoms with Crippen LogP contribution in [0.1, 0.15) is 22.5 Å². The molecule has 102 valence electrons. The predicted octanol–water partition coefficient (Wildman–Crippen LogP) is 2.62. The lowest BCUT2D eigenvalue weighted by atomic mass is 10.1. The van der Waals surface area contributed by atoms with E-state index in [2.05, 4.69) is 4.98 Å². The van der Waals surface area contributed by atoms with E-state index >= 15 is 0 Å². The summed E-state index contributed by atoms with van der Waals surface area (Å²) in [5, 5.41) is 0.849. The Bertz CT molecular complexity index is 626. The van der Waals surface area contributed by atoms with E-state index < -0.39 is 0 Å². The van der Waals surface area contributed by atoms with Crippen molar-refractivity contribution in [2.45, 2.75) is 12.8 Å². The van der Waals surface area contributed by atoms with Gasteiger partial charge in [0.15, 0.2) is 0 Å². The number of Topliss-reactive ketones (excluding diaryl/α,β-unsaturated/α-hetero) is 1. The minimum atomic E-state index is -0.0165. The molecule has 5 heteroatoms. The van der Waals surface area contributed by atoms with Gasteiger partial charge in [0.25, 0.3) is 5.91 Å². The van der Waals surface area contributed by atoms with Crippen LogP contribution in [0.3, 0.4) is 0 Å². The average molecular weight is 286 g/mol. The second-order valence-corrected chi connectivity index (χ2v) is 5.76. The molecule has 0 radical (unpaired) electrons. The van der Waals surface area contributed by atoms with Crippen molar-refractivity contribution in [3.63, 3.8) is 0 Å². The fraction of sp³-hybridized carbons (Fsp3) is 0.267. The molecule has 2 aromatic rings. The van der Waals surface area contributed by atoms with Gasteiger partial charge < -0.3 is 4.90 Å². The molecule has 1 saturated heterocycles. The molecule has 0 N–H and O–H groups in total. The third-order valence-corrected chi connectivity index (χ3v) is 4.38. The van der Waals surface area contributed by atoms with Gasteiger partial charge in [-0.15, -0.1) is 11.3 Å². The fourth-order valence-corrected chi connectivity index (χ4v) is 3.09. The Hall–Kier alpha value is -2.01. The minimum Gasteiger partial charge on any atom is -0.337 e. The van der Waals surface area contributed by atoms with Gasteiger partial charge in [-0.25, -0.2) is 4.98 Å². The van der Waals surface area contributed by atoms with E-state index in [4.69, 9.17) is 0 Å². The highest BCUT2D eigenvalue weighted by Gasteiger charge is 2.23. The van der Waals surface area contributed by atoms with E-state index in [0.717, 1.165) is 10.6 Å². The van der Waals surface area contributed by atoms with Gasteiger partial charge in [0.1, 0.15) is 15.7 Å². The Morgan fingerprint density at radius 2 is 1.85 bits per heavy atom. The Kier molecular flexibility index (Phi) is 3.60. The van der Waals surface area contributed by atoms with E-state index in [9.17, 15) is 9.59 Å². The van der Waals surface area contributed by atoms with Gasteiger partial charge in [-0.05, 0) is 0 Å². The van der Waals surface area contributed by atoms with Crippen LogP contribution in [0.4, 0.5) is 0 Å². The molecule has 1 amide bonds. The number of piperidine rings is 1. The Morgan fingerprint density at radius 3 is 2.55 bits per heavy atom. The summed E-state index contributed by atoms with van der Waals surface area (Å²) in [6, 6.07) is 9.82. The standard InChI is InChI=1S/C15H14N2O2S/c18-12-6-8-17(9-7-12)15(19)13-10-16-14(20-13)11-4-2-1-3-5-11/h1-5,10H,6-9H2. The third kappa shape index (κ3) is 2.63. The van der Waals surface area contributed by atoms with Crippen LogP contribution in [0.2, 0.25) is 0 Å². The number of nitrogens with zero attached hydrogens (tertiary/aromatic N) is 2. The van der Waals surface area contributed by atoms with Crippen molar-refractivity contribution in [3.05, 3.63) is 41.4 Å². The highest BCUT2D eigenvalue weighted by molar-refractivity contribution is 7.16. The summed E-state index contributed by atoms with van der Waals surface area (Å²) in [6.07, 6.45) is 2.57. The first kappa shape index (κ1) is 13.0.